The van der Waals surface area contributed by atoms with E-state index in [4.69, 9.17) is 13.9 Å². The van der Waals surface area contributed by atoms with Crippen molar-refractivity contribution in [2.45, 2.75) is 111 Å². The van der Waals surface area contributed by atoms with Crippen LogP contribution in [0.3, 0.4) is 0 Å². The SMILES string of the molecule is CC(=O)OCCC(O[Si](C)(C)C)C1=CCC2C3CC=C4CC(OC(C)=O)CCC4(C)C3CCC12C. The zero-order chi connectivity index (χ0) is 25.6. The molecular weight excluding hydrogens is 456 g/mol. The summed E-state index contributed by atoms with van der Waals surface area (Å²) in [5.41, 5.74) is 3.38. The van der Waals surface area contributed by atoms with E-state index in [2.05, 4.69) is 45.6 Å². The molecule has 7 unspecified atom stereocenters. The first-order valence-electron chi connectivity index (χ1n) is 13.7. The first-order chi connectivity index (χ1) is 16.3. The van der Waals surface area contributed by atoms with Crippen LogP contribution in [0.5, 0.6) is 0 Å². The molecule has 0 spiro atoms. The zero-order valence-electron chi connectivity index (χ0n) is 22.9. The van der Waals surface area contributed by atoms with E-state index in [1.807, 2.05) is 0 Å². The third kappa shape index (κ3) is 5.34. The Kier molecular flexibility index (Phi) is 7.47. The van der Waals surface area contributed by atoms with Crippen LogP contribution in [0.1, 0.15) is 79.1 Å². The van der Waals surface area contributed by atoms with Crippen molar-refractivity contribution in [2.24, 2.45) is 28.6 Å². The molecule has 0 aromatic carbocycles. The standard InChI is InChI=1S/C29H46O5Si/c1-19(30)32-17-14-27(34-35(5,6)7)26-11-10-24-23-9-8-21-18-22(33-20(2)31)12-15-28(21,3)25(23)13-16-29(24,26)4/h8,11,22-25,27H,9-10,12-18H2,1-7H3. The molecule has 4 aliphatic carbocycles. The number of fused-ring (bicyclic) bond motifs is 5. The normalized spacial score (nSPS) is 37.2. The van der Waals surface area contributed by atoms with Crippen molar-refractivity contribution in [3.05, 3.63) is 23.3 Å². The monoisotopic (exact) mass is 502 g/mol. The van der Waals surface area contributed by atoms with Gasteiger partial charge in [-0.05, 0) is 92.3 Å². The number of allylic oxidation sites excluding steroid dienone is 2. The molecule has 0 bridgehead atoms. The van der Waals surface area contributed by atoms with Crippen molar-refractivity contribution in [2.75, 3.05) is 6.61 Å². The van der Waals surface area contributed by atoms with Gasteiger partial charge in [-0.2, -0.15) is 0 Å². The molecule has 0 N–H and O–H groups in total. The Labute approximate surface area is 213 Å². The van der Waals surface area contributed by atoms with Crippen LogP contribution in [0, 0.1) is 28.6 Å². The van der Waals surface area contributed by atoms with Crippen molar-refractivity contribution < 1.29 is 23.5 Å². The summed E-state index contributed by atoms with van der Waals surface area (Å²) >= 11 is 0. The van der Waals surface area contributed by atoms with Crippen molar-refractivity contribution in [3.8, 4) is 0 Å². The molecule has 7 atom stereocenters. The second-order valence-corrected chi connectivity index (χ2v) is 17.4. The first-order valence-corrected chi connectivity index (χ1v) is 17.1. The minimum atomic E-state index is -1.77. The molecule has 0 saturated heterocycles. The summed E-state index contributed by atoms with van der Waals surface area (Å²) in [5.74, 6) is 1.64. The zero-order valence-corrected chi connectivity index (χ0v) is 23.9. The highest BCUT2D eigenvalue weighted by atomic mass is 28.4. The van der Waals surface area contributed by atoms with Gasteiger partial charge in [0, 0.05) is 26.7 Å². The van der Waals surface area contributed by atoms with Crippen LogP contribution >= 0.6 is 0 Å². The van der Waals surface area contributed by atoms with Crippen LogP contribution in [0.25, 0.3) is 0 Å². The van der Waals surface area contributed by atoms with Gasteiger partial charge in [-0.15, -0.1) is 0 Å². The van der Waals surface area contributed by atoms with Gasteiger partial charge in [0.2, 0.25) is 0 Å². The van der Waals surface area contributed by atoms with Crippen LogP contribution in [0.2, 0.25) is 19.6 Å². The summed E-state index contributed by atoms with van der Waals surface area (Å²) in [6.45, 7) is 15.1. The number of esters is 2. The summed E-state index contributed by atoms with van der Waals surface area (Å²) < 4.78 is 17.7. The highest BCUT2D eigenvalue weighted by molar-refractivity contribution is 6.69. The molecule has 0 aromatic rings. The van der Waals surface area contributed by atoms with Gasteiger partial charge in [0.25, 0.3) is 0 Å². The van der Waals surface area contributed by atoms with E-state index in [0.29, 0.717) is 24.4 Å². The molecule has 4 rings (SSSR count). The Morgan fingerprint density at radius 3 is 2.37 bits per heavy atom. The molecule has 0 radical (unpaired) electrons. The van der Waals surface area contributed by atoms with Gasteiger partial charge in [-0.1, -0.05) is 31.6 Å². The highest BCUT2D eigenvalue weighted by Crippen LogP contribution is 2.65. The Hall–Kier alpha value is -1.40. The lowest BCUT2D eigenvalue weighted by atomic mass is 9.47. The first kappa shape index (κ1) is 26.7. The van der Waals surface area contributed by atoms with E-state index < -0.39 is 8.32 Å². The van der Waals surface area contributed by atoms with Gasteiger partial charge in [-0.25, -0.2) is 0 Å². The summed E-state index contributed by atoms with van der Waals surface area (Å²) in [6, 6.07) is 0. The van der Waals surface area contributed by atoms with Crippen LogP contribution in [-0.2, 0) is 23.5 Å². The molecule has 35 heavy (non-hydrogen) atoms. The van der Waals surface area contributed by atoms with E-state index in [1.54, 1.807) is 0 Å². The Bertz CT molecular complexity index is 901. The van der Waals surface area contributed by atoms with Crippen molar-refractivity contribution in [1.29, 1.82) is 0 Å². The minimum absolute atomic E-state index is 0.0389. The molecule has 0 aromatic heterocycles. The van der Waals surface area contributed by atoms with E-state index in [0.717, 1.165) is 38.5 Å². The van der Waals surface area contributed by atoms with Gasteiger partial charge in [0.1, 0.15) is 6.10 Å². The lowest BCUT2D eigenvalue weighted by molar-refractivity contribution is -0.148. The highest BCUT2D eigenvalue weighted by Gasteiger charge is 2.57. The summed E-state index contributed by atoms with van der Waals surface area (Å²) in [4.78, 5) is 22.9. The predicted molar refractivity (Wildman–Crippen MR) is 140 cm³/mol. The maximum atomic E-state index is 11.5. The van der Waals surface area contributed by atoms with Crippen LogP contribution in [0.4, 0.5) is 0 Å². The quantitative estimate of drug-likeness (QED) is 0.223. The smallest absolute Gasteiger partial charge is 0.302 e. The van der Waals surface area contributed by atoms with Gasteiger partial charge in [0.15, 0.2) is 8.32 Å². The van der Waals surface area contributed by atoms with E-state index in [9.17, 15) is 9.59 Å². The fourth-order valence-electron chi connectivity index (χ4n) is 8.08. The molecule has 0 amide bonds. The van der Waals surface area contributed by atoms with Crippen molar-refractivity contribution in [1.82, 2.24) is 0 Å². The van der Waals surface area contributed by atoms with Gasteiger partial charge in [0.05, 0.1) is 12.7 Å². The van der Waals surface area contributed by atoms with E-state index in [1.165, 1.54) is 37.8 Å². The topological polar surface area (TPSA) is 61.8 Å². The minimum Gasteiger partial charge on any atom is -0.466 e. The Balaban J connectivity index is 1.53. The van der Waals surface area contributed by atoms with E-state index >= 15 is 0 Å². The number of rotatable bonds is 7. The average molecular weight is 503 g/mol. The Morgan fingerprint density at radius 2 is 1.71 bits per heavy atom. The second kappa shape index (κ2) is 9.81. The number of carbonyl (C=O) groups excluding carboxylic acids is 2. The maximum Gasteiger partial charge on any atom is 0.302 e. The summed E-state index contributed by atoms with van der Waals surface area (Å²) in [5, 5.41) is 0. The largest absolute Gasteiger partial charge is 0.466 e. The van der Waals surface area contributed by atoms with Gasteiger partial charge in [-0.3, -0.25) is 9.59 Å². The average Bonchev–Trinajstić information content (AvgIpc) is 3.09. The number of carbonyl (C=O) groups is 2. The molecule has 0 aliphatic heterocycles. The molecule has 0 heterocycles. The van der Waals surface area contributed by atoms with E-state index in [-0.39, 0.29) is 35.0 Å². The summed E-state index contributed by atoms with van der Waals surface area (Å²) in [7, 11) is -1.77. The second-order valence-electron chi connectivity index (χ2n) is 12.9. The third-order valence-corrected chi connectivity index (χ3v) is 10.6. The lowest BCUT2D eigenvalue weighted by Gasteiger charge is -2.58. The molecule has 2 saturated carbocycles. The number of hydrogen-bond donors (Lipinski definition) is 0. The summed E-state index contributed by atoms with van der Waals surface area (Å²) in [6.07, 6.45) is 13.5. The fraction of sp³-hybridized carbons (Fsp3) is 0.793. The third-order valence-electron chi connectivity index (χ3n) is 9.56. The molecule has 4 aliphatic rings. The van der Waals surface area contributed by atoms with Crippen LogP contribution in [0.15, 0.2) is 23.3 Å². The molecule has 6 heteroatoms. The predicted octanol–water partition coefficient (Wildman–Crippen LogP) is 6.59. The van der Waals surface area contributed by atoms with Crippen molar-refractivity contribution >= 4 is 20.3 Å². The van der Waals surface area contributed by atoms with Gasteiger partial charge >= 0.3 is 11.9 Å². The molecule has 196 valence electrons. The van der Waals surface area contributed by atoms with Crippen molar-refractivity contribution in [3.63, 3.8) is 0 Å². The molecule has 2 fully saturated rings. The Morgan fingerprint density at radius 1 is 1.00 bits per heavy atom. The molecular formula is C29H46O5Si. The molecule has 5 nitrogen and oxygen atoms in total. The maximum absolute atomic E-state index is 11.5. The van der Waals surface area contributed by atoms with Gasteiger partial charge < -0.3 is 13.9 Å². The fourth-order valence-corrected chi connectivity index (χ4v) is 9.18. The lowest BCUT2D eigenvalue weighted by Crippen LogP contribution is -2.51. The number of hydrogen-bond acceptors (Lipinski definition) is 5. The van der Waals surface area contributed by atoms with Crippen LogP contribution < -0.4 is 0 Å². The number of ether oxygens (including phenoxy) is 2. The van der Waals surface area contributed by atoms with Crippen LogP contribution in [-0.4, -0.2) is 39.1 Å².